The molecule has 0 fully saturated rings. The van der Waals surface area contributed by atoms with Gasteiger partial charge in [0.05, 0.1) is 23.4 Å². The number of sulfonamides is 1. The highest BCUT2D eigenvalue weighted by molar-refractivity contribution is 7.92. The number of carbonyl (C=O) groups excluding carboxylic acids is 1. The third-order valence-corrected chi connectivity index (χ3v) is 7.11. The van der Waals surface area contributed by atoms with Crippen LogP contribution in [0, 0.1) is 20.8 Å². The van der Waals surface area contributed by atoms with Gasteiger partial charge in [0, 0.05) is 0 Å². The van der Waals surface area contributed by atoms with Crippen LogP contribution in [0.4, 0.5) is 5.69 Å². The van der Waals surface area contributed by atoms with E-state index in [-0.39, 0.29) is 4.90 Å². The lowest BCUT2D eigenvalue weighted by molar-refractivity contribution is -0.119. The van der Waals surface area contributed by atoms with Crippen LogP contribution in [-0.4, -0.2) is 33.7 Å². The molecule has 0 aliphatic rings. The third-order valence-electron chi connectivity index (χ3n) is 5.33. The summed E-state index contributed by atoms with van der Waals surface area (Å²) in [4.78, 5) is 12.8. The first-order valence-electron chi connectivity index (χ1n) is 10.9. The van der Waals surface area contributed by atoms with Crippen molar-refractivity contribution in [2.24, 2.45) is 5.10 Å². The second kappa shape index (κ2) is 11.0. The molecule has 0 atom stereocenters. The second-order valence-corrected chi connectivity index (χ2v) is 9.70. The average Bonchev–Trinajstić information content (AvgIpc) is 2.81. The molecule has 3 aromatic carbocycles. The highest BCUT2D eigenvalue weighted by Gasteiger charge is 2.28. The van der Waals surface area contributed by atoms with Crippen LogP contribution in [0.5, 0.6) is 5.75 Å². The lowest BCUT2D eigenvalue weighted by Crippen LogP contribution is -2.40. The van der Waals surface area contributed by atoms with E-state index in [0.717, 1.165) is 32.3 Å². The number of hydrogen-bond acceptors (Lipinski definition) is 5. The Hall–Kier alpha value is -3.65. The van der Waals surface area contributed by atoms with Gasteiger partial charge in [0.2, 0.25) is 0 Å². The maximum Gasteiger partial charge on any atom is 0.264 e. The van der Waals surface area contributed by atoms with Crippen LogP contribution in [-0.2, 0) is 14.8 Å². The van der Waals surface area contributed by atoms with Gasteiger partial charge in [-0.05, 0) is 86.8 Å². The van der Waals surface area contributed by atoms with E-state index in [4.69, 9.17) is 4.74 Å². The number of nitrogens with zero attached hydrogens (tertiary/aromatic N) is 2. The van der Waals surface area contributed by atoms with Crippen LogP contribution in [0.2, 0.25) is 0 Å². The average molecular weight is 480 g/mol. The van der Waals surface area contributed by atoms with Crippen molar-refractivity contribution in [2.75, 3.05) is 17.5 Å². The Morgan fingerprint density at radius 3 is 2.32 bits per heavy atom. The van der Waals surface area contributed by atoms with Crippen molar-refractivity contribution in [3.05, 3.63) is 89.0 Å². The van der Waals surface area contributed by atoms with E-state index in [9.17, 15) is 13.2 Å². The summed E-state index contributed by atoms with van der Waals surface area (Å²) in [7, 11) is -3.99. The van der Waals surface area contributed by atoms with Crippen molar-refractivity contribution in [1.29, 1.82) is 0 Å². The van der Waals surface area contributed by atoms with Crippen LogP contribution in [0.25, 0.3) is 0 Å². The first-order chi connectivity index (χ1) is 16.2. The van der Waals surface area contributed by atoms with Crippen LogP contribution in [0.1, 0.15) is 29.2 Å². The minimum atomic E-state index is -3.99. The summed E-state index contributed by atoms with van der Waals surface area (Å²) in [6.45, 7) is 7.69. The standard InChI is InChI=1S/C26H29N3O4S/c1-5-33-23-13-11-22(12-14-23)17-27-28-26(30)18-29(25-8-6-7-20(3)21(25)4)34(31,32)24-15-9-19(2)10-16-24/h6-17H,5,18H2,1-4H3,(H,28,30)/b27-17-. The Bertz CT molecular complexity index is 1270. The Balaban J connectivity index is 1.83. The first-order valence-corrected chi connectivity index (χ1v) is 12.4. The highest BCUT2D eigenvalue weighted by Crippen LogP contribution is 2.28. The Morgan fingerprint density at radius 2 is 1.68 bits per heavy atom. The van der Waals surface area contributed by atoms with Crippen molar-refractivity contribution in [3.8, 4) is 5.75 Å². The molecule has 8 heteroatoms. The molecule has 0 aromatic heterocycles. The van der Waals surface area contributed by atoms with Gasteiger partial charge in [0.25, 0.3) is 15.9 Å². The minimum absolute atomic E-state index is 0.115. The predicted molar refractivity (Wildman–Crippen MR) is 135 cm³/mol. The van der Waals surface area contributed by atoms with Gasteiger partial charge in [0.1, 0.15) is 12.3 Å². The molecule has 0 saturated carbocycles. The molecule has 178 valence electrons. The Morgan fingerprint density at radius 1 is 1.00 bits per heavy atom. The summed E-state index contributed by atoms with van der Waals surface area (Å²) in [6, 6.07) is 19.2. The van der Waals surface area contributed by atoms with Crippen molar-refractivity contribution < 1.29 is 17.9 Å². The molecule has 1 N–H and O–H groups in total. The maximum absolute atomic E-state index is 13.5. The summed E-state index contributed by atoms with van der Waals surface area (Å²) in [5.41, 5.74) is 6.30. The molecule has 0 heterocycles. The lowest BCUT2D eigenvalue weighted by Gasteiger charge is -2.26. The molecule has 0 aliphatic carbocycles. The smallest absolute Gasteiger partial charge is 0.264 e. The van der Waals surface area contributed by atoms with Gasteiger partial charge in [0.15, 0.2) is 0 Å². The topological polar surface area (TPSA) is 88.1 Å². The van der Waals surface area contributed by atoms with Crippen molar-refractivity contribution in [3.63, 3.8) is 0 Å². The van der Waals surface area contributed by atoms with E-state index in [2.05, 4.69) is 10.5 Å². The normalized spacial score (nSPS) is 11.4. The molecule has 3 rings (SSSR count). The fourth-order valence-corrected chi connectivity index (χ4v) is 4.78. The fourth-order valence-electron chi connectivity index (χ4n) is 3.30. The lowest BCUT2D eigenvalue weighted by atomic mass is 10.1. The summed E-state index contributed by atoms with van der Waals surface area (Å²) in [6.07, 6.45) is 1.49. The van der Waals surface area contributed by atoms with Crippen LogP contribution in [0.15, 0.2) is 76.7 Å². The van der Waals surface area contributed by atoms with E-state index in [1.54, 1.807) is 36.4 Å². The van der Waals surface area contributed by atoms with Gasteiger partial charge in [-0.25, -0.2) is 13.8 Å². The second-order valence-electron chi connectivity index (χ2n) is 7.84. The number of hydrogen-bond donors (Lipinski definition) is 1. The first kappa shape index (κ1) is 25.0. The predicted octanol–water partition coefficient (Wildman–Crippen LogP) is 4.36. The number of aryl methyl sites for hydroxylation is 2. The molecule has 0 radical (unpaired) electrons. The summed E-state index contributed by atoms with van der Waals surface area (Å²) in [5.74, 6) is 0.188. The van der Waals surface area contributed by atoms with E-state index < -0.39 is 22.5 Å². The number of nitrogens with one attached hydrogen (secondary N) is 1. The molecule has 34 heavy (non-hydrogen) atoms. The van der Waals surface area contributed by atoms with Gasteiger partial charge in [-0.3, -0.25) is 9.10 Å². The van der Waals surface area contributed by atoms with Crippen LogP contribution < -0.4 is 14.5 Å². The Labute approximate surface area is 201 Å². The molecule has 0 saturated heterocycles. The molecular weight excluding hydrogens is 450 g/mol. The van der Waals surface area contributed by atoms with Gasteiger partial charge in [-0.2, -0.15) is 5.10 Å². The van der Waals surface area contributed by atoms with Gasteiger partial charge in [-0.15, -0.1) is 0 Å². The zero-order valence-corrected chi connectivity index (χ0v) is 20.6. The zero-order chi connectivity index (χ0) is 24.7. The Kier molecular flexibility index (Phi) is 8.07. The molecule has 1 amide bonds. The minimum Gasteiger partial charge on any atom is -0.494 e. The molecular formula is C26H29N3O4S. The number of ether oxygens (including phenoxy) is 1. The van der Waals surface area contributed by atoms with Crippen molar-refractivity contribution in [2.45, 2.75) is 32.6 Å². The van der Waals surface area contributed by atoms with E-state index >= 15 is 0 Å². The zero-order valence-electron chi connectivity index (χ0n) is 19.8. The third kappa shape index (κ3) is 6.02. The van der Waals surface area contributed by atoms with Crippen molar-refractivity contribution in [1.82, 2.24) is 5.43 Å². The SMILES string of the molecule is CCOc1ccc(/C=N\NC(=O)CN(c2cccc(C)c2C)S(=O)(=O)c2ccc(C)cc2)cc1. The summed E-state index contributed by atoms with van der Waals surface area (Å²) >= 11 is 0. The number of hydrazone groups is 1. The molecule has 0 bridgehead atoms. The quantitative estimate of drug-likeness (QED) is 0.365. The number of amides is 1. The maximum atomic E-state index is 13.5. The number of benzene rings is 3. The van der Waals surface area contributed by atoms with Crippen LogP contribution >= 0.6 is 0 Å². The van der Waals surface area contributed by atoms with E-state index in [1.165, 1.54) is 6.21 Å². The molecule has 0 spiro atoms. The van der Waals surface area contributed by atoms with Gasteiger partial charge < -0.3 is 4.74 Å². The number of anilines is 1. The molecule has 0 unspecified atom stereocenters. The van der Waals surface area contributed by atoms with Gasteiger partial charge in [-0.1, -0.05) is 29.8 Å². The number of carbonyl (C=O) groups is 1. The summed E-state index contributed by atoms with van der Waals surface area (Å²) < 4.78 is 33.6. The fraction of sp³-hybridized carbons (Fsp3) is 0.231. The molecule has 3 aromatic rings. The highest BCUT2D eigenvalue weighted by atomic mass is 32.2. The molecule has 0 aliphatic heterocycles. The van der Waals surface area contributed by atoms with Crippen molar-refractivity contribution >= 4 is 27.8 Å². The van der Waals surface area contributed by atoms with E-state index in [1.807, 2.05) is 58.0 Å². The largest absolute Gasteiger partial charge is 0.494 e. The monoisotopic (exact) mass is 479 g/mol. The summed E-state index contributed by atoms with van der Waals surface area (Å²) in [5, 5.41) is 3.98. The molecule has 7 nitrogen and oxygen atoms in total. The number of rotatable bonds is 9. The van der Waals surface area contributed by atoms with Crippen LogP contribution in [0.3, 0.4) is 0 Å². The van der Waals surface area contributed by atoms with Gasteiger partial charge >= 0.3 is 0 Å². The van der Waals surface area contributed by atoms with E-state index in [0.29, 0.717) is 12.3 Å².